The topological polar surface area (TPSA) is 98.0 Å². The number of carbonyl (C=O) groups is 1. The molecule has 0 saturated heterocycles. The predicted octanol–water partition coefficient (Wildman–Crippen LogP) is 3.67. The lowest BCUT2D eigenvalue weighted by Crippen LogP contribution is -2.11. The molecule has 0 spiro atoms. The van der Waals surface area contributed by atoms with Crippen LogP contribution in [0.15, 0.2) is 48.5 Å². The number of rotatable bonds is 4. The minimum absolute atomic E-state index is 0.139. The first-order valence-corrected chi connectivity index (χ1v) is 7.81. The van der Waals surface area contributed by atoms with Gasteiger partial charge in [-0.05, 0) is 19.1 Å². The van der Waals surface area contributed by atoms with E-state index in [9.17, 15) is 14.9 Å². The van der Waals surface area contributed by atoms with Gasteiger partial charge in [0.1, 0.15) is 5.01 Å². The molecule has 120 valence electrons. The van der Waals surface area contributed by atoms with E-state index in [0.29, 0.717) is 10.1 Å². The van der Waals surface area contributed by atoms with E-state index in [2.05, 4.69) is 15.5 Å². The number of benzene rings is 2. The van der Waals surface area contributed by atoms with Gasteiger partial charge in [0.25, 0.3) is 11.6 Å². The average Bonchev–Trinajstić information content (AvgIpc) is 3.03. The molecule has 3 rings (SSSR count). The van der Waals surface area contributed by atoms with Gasteiger partial charge in [0.15, 0.2) is 0 Å². The van der Waals surface area contributed by atoms with Crippen LogP contribution in [0.1, 0.15) is 15.9 Å². The summed E-state index contributed by atoms with van der Waals surface area (Å²) in [4.78, 5) is 22.4. The summed E-state index contributed by atoms with van der Waals surface area (Å²) in [6.07, 6.45) is 0. The highest BCUT2D eigenvalue weighted by atomic mass is 32.1. The molecule has 0 unspecified atom stereocenters. The fourth-order valence-electron chi connectivity index (χ4n) is 2.10. The van der Waals surface area contributed by atoms with Crippen molar-refractivity contribution >= 4 is 28.1 Å². The van der Waals surface area contributed by atoms with Gasteiger partial charge in [0.05, 0.1) is 4.92 Å². The molecule has 24 heavy (non-hydrogen) atoms. The number of hydrogen-bond donors (Lipinski definition) is 1. The zero-order valence-corrected chi connectivity index (χ0v) is 13.4. The van der Waals surface area contributed by atoms with Crippen LogP contribution in [0.5, 0.6) is 0 Å². The highest BCUT2D eigenvalue weighted by Crippen LogP contribution is 2.27. The van der Waals surface area contributed by atoms with Gasteiger partial charge in [-0.15, -0.1) is 10.2 Å². The lowest BCUT2D eigenvalue weighted by Gasteiger charge is -2.00. The third-order valence-corrected chi connectivity index (χ3v) is 4.12. The highest BCUT2D eigenvalue weighted by molar-refractivity contribution is 7.18. The number of hydrogen-bond acceptors (Lipinski definition) is 6. The van der Waals surface area contributed by atoms with E-state index in [1.165, 1.54) is 35.6 Å². The maximum absolute atomic E-state index is 12.2. The van der Waals surface area contributed by atoms with Gasteiger partial charge >= 0.3 is 0 Å². The standard InChI is InChI=1S/C16H12N4O3S/c1-10-4-2-6-12(8-10)15-18-19-16(24-15)17-14(21)11-5-3-7-13(9-11)20(22)23/h2-9H,1H3,(H,17,19,21). The number of amides is 1. The van der Waals surface area contributed by atoms with E-state index in [0.717, 1.165) is 11.1 Å². The minimum Gasteiger partial charge on any atom is -0.296 e. The molecular formula is C16H12N4O3S. The molecule has 0 saturated carbocycles. The molecular weight excluding hydrogens is 328 g/mol. The lowest BCUT2D eigenvalue weighted by atomic mass is 10.1. The number of anilines is 1. The third kappa shape index (κ3) is 3.44. The summed E-state index contributed by atoms with van der Waals surface area (Å²) in [5, 5.41) is 22.4. The number of aryl methyl sites for hydroxylation is 1. The Hall–Kier alpha value is -3.13. The van der Waals surface area contributed by atoms with Crippen LogP contribution in [0, 0.1) is 17.0 Å². The first-order valence-electron chi connectivity index (χ1n) is 6.99. The van der Waals surface area contributed by atoms with E-state index < -0.39 is 10.8 Å². The molecule has 0 fully saturated rings. The Morgan fingerprint density at radius 2 is 1.96 bits per heavy atom. The SMILES string of the molecule is Cc1cccc(-c2nnc(NC(=O)c3cccc([N+](=O)[O-])c3)s2)c1. The van der Waals surface area contributed by atoms with E-state index in [1.54, 1.807) is 0 Å². The van der Waals surface area contributed by atoms with Crippen molar-refractivity contribution in [2.75, 3.05) is 5.32 Å². The Kier molecular flexibility index (Phi) is 4.30. The minimum atomic E-state index is -0.544. The maximum Gasteiger partial charge on any atom is 0.270 e. The number of nitrogens with zero attached hydrogens (tertiary/aromatic N) is 3. The molecule has 0 bridgehead atoms. The van der Waals surface area contributed by atoms with Crippen molar-refractivity contribution in [2.24, 2.45) is 0 Å². The summed E-state index contributed by atoms with van der Waals surface area (Å²) in [7, 11) is 0. The second-order valence-electron chi connectivity index (χ2n) is 5.04. The fourth-order valence-corrected chi connectivity index (χ4v) is 2.83. The Balaban J connectivity index is 1.78. The summed E-state index contributed by atoms with van der Waals surface area (Å²) >= 11 is 1.24. The first kappa shape index (κ1) is 15.8. The van der Waals surface area contributed by atoms with Crippen LogP contribution in [0.2, 0.25) is 0 Å². The van der Waals surface area contributed by atoms with Crippen molar-refractivity contribution in [3.05, 3.63) is 69.8 Å². The molecule has 1 N–H and O–H groups in total. The smallest absolute Gasteiger partial charge is 0.270 e. The van der Waals surface area contributed by atoms with E-state index in [-0.39, 0.29) is 11.3 Å². The van der Waals surface area contributed by atoms with Crippen molar-refractivity contribution in [3.8, 4) is 10.6 Å². The maximum atomic E-state index is 12.2. The molecule has 0 aliphatic heterocycles. The van der Waals surface area contributed by atoms with Crippen LogP contribution in [-0.2, 0) is 0 Å². The van der Waals surface area contributed by atoms with Gasteiger partial charge in [-0.25, -0.2) is 0 Å². The lowest BCUT2D eigenvalue weighted by molar-refractivity contribution is -0.384. The Morgan fingerprint density at radius 1 is 1.17 bits per heavy atom. The number of non-ortho nitro benzene ring substituents is 1. The molecule has 0 radical (unpaired) electrons. The number of aromatic nitrogens is 2. The summed E-state index contributed by atoms with van der Waals surface area (Å²) in [5.41, 5.74) is 2.07. The zero-order valence-electron chi connectivity index (χ0n) is 12.6. The number of nitro groups is 1. The fraction of sp³-hybridized carbons (Fsp3) is 0.0625. The van der Waals surface area contributed by atoms with Gasteiger partial charge in [0, 0.05) is 23.3 Å². The molecule has 0 atom stereocenters. The molecule has 0 aliphatic rings. The average molecular weight is 340 g/mol. The van der Waals surface area contributed by atoms with Crippen LogP contribution in [-0.4, -0.2) is 21.0 Å². The van der Waals surface area contributed by atoms with E-state index in [4.69, 9.17) is 0 Å². The predicted molar refractivity (Wildman–Crippen MR) is 91.1 cm³/mol. The molecule has 3 aromatic rings. The quantitative estimate of drug-likeness (QED) is 0.577. The van der Waals surface area contributed by atoms with Crippen LogP contribution in [0.3, 0.4) is 0 Å². The van der Waals surface area contributed by atoms with Crippen LogP contribution in [0.25, 0.3) is 10.6 Å². The van der Waals surface area contributed by atoms with Crippen molar-refractivity contribution in [2.45, 2.75) is 6.92 Å². The van der Waals surface area contributed by atoms with E-state index in [1.807, 2.05) is 31.2 Å². The van der Waals surface area contributed by atoms with Crippen molar-refractivity contribution < 1.29 is 9.72 Å². The van der Waals surface area contributed by atoms with Crippen LogP contribution >= 0.6 is 11.3 Å². The summed E-state index contributed by atoms with van der Waals surface area (Å²) in [6, 6.07) is 13.3. The molecule has 1 heterocycles. The molecule has 2 aromatic carbocycles. The van der Waals surface area contributed by atoms with Crippen molar-refractivity contribution in [3.63, 3.8) is 0 Å². The van der Waals surface area contributed by atoms with Gasteiger partial charge < -0.3 is 0 Å². The number of nitro benzene ring substituents is 1. The monoisotopic (exact) mass is 340 g/mol. The zero-order chi connectivity index (χ0) is 17.1. The summed E-state index contributed by atoms with van der Waals surface area (Å²) in [5.74, 6) is -0.467. The normalized spacial score (nSPS) is 10.4. The van der Waals surface area contributed by atoms with Crippen LogP contribution < -0.4 is 5.32 Å². The van der Waals surface area contributed by atoms with Crippen LogP contribution in [0.4, 0.5) is 10.8 Å². The van der Waals surface area contributed by atoms with Gasteiger partial charge in [0.2, 0.25) is 5.13 Å². The first-order chi connectivity index (χ1) is 11.5. The second kappa shape index (κ2) is 6.55. The highest BCUT2D eigenvalue weighted by Gasteiger charge is 2.14. The molecule has 8 heteroatoms. The number of carbonyl (C=O) groups excluding carboxylic acids is 1. The molecule has 1 amide bonds. The second-order valence-corrected chi connectivity index (χ2v) is 6.02. The van der Waals surface area contributed by atoms with Crippen molar-refractivity contribution in [1.29, 1.82) is 0 Å². The van der Waals surface area contributed by atoms with E-state index >= 15 is 0 Å². The Bertz CT molecular complexity index is 923. The number of nitrogens with one attached hydrogen (secondary N) is 1. The Morgan fingerprint density at radius 3 is 2.71 bits per heavy atom. The largest absolute Gasteiger partial charge is 0.296 e. The Labute approximate surface area is 141 Å². The van der Waals surface area contributed by atoms with Crippen molar-refractivity contribution in [1.82, 2.24) is 10.2 Å². The van der Waals surface area contributed by atoms with Gasteiger partial charge in [-0.3, -0.25) is 20.2 Å². The van der Waals surface area contributed by atoms with Gasteiger partial charge in [-0.2, -0.15) is 0 Å². The molecule has 1 aromatic heterocycles. The third-order valence-electron chi connectivity index (χ3n) is 3.23. The summed E-state index contributed by atoms with van der Waals surface area (Å²) in [6.45, 7) is 1.98. The summed E-state index contributed by atoms with van der Waals surface area (Å²) < 4.78 is 0. The molecule has 7 nitrogen and oxygen atoms in total. The van der Waals surface area contributed by atoms with Gasteiger partial charge in [-0.1, -0.05) is 41.2 Å². The molecule has 0 aliphatic carbocycles.